The van der Waals surface area contributed by atoms with Gasteiger partial charge in [0.2, 0.25) is 5.78 Å². The van der Waals surface area contributed by atoms with Crippen LogP contribution >= 0.6 is 0 Å². The van der Waals surface area contributed by atoms with Crippen LogP contribution < -0.4 is 0 Å². The van der Waals surface area contributed by atoms with Crippen LogP contribution in [0.2, 0.25) is 0 Å². The molecule has 5 nitrogen and oxygen atoms in total. The van der Waals surface area contributed by atoms with Crippen LogP contribution in [-0.2, 0) is 4.74 Å². The van der Waals surface area contributed by atoms with Crippen molar-refractivity contribution in [3.63, 3.8) is 0 Å². The Hall–Kier alpha value is -3.73. The molecule has 0 N–H and O–H groups in total. The molecule has 4 rings (SSSR count). The number of rotatable bonds is 5. The zero-order chi connectivity index (χ0) is 21.3. The van der Waals surface area contributed by atoms with Gasteiger partial charge in [-0.2, -0.15) is 0 Å². The summed E-state index contributed by atoms with van der Waals surface area (Å²) < 4.78 is 6.90. The number of nitrogens with zero attached hydrogens (tertiary/aromatic N) is 2. The molecule has 4 aromatic rings. The molecule has 0 unspecified atom stereocenters. The first kappa shape index (κ1) is 19.6. The minimum absolute atomic E-state index is 0.179. The summed E-state index contributed by atoms with van der Waals surface area (Å²) in [6, 6.07) is 18.6. The maximum Gasteiger partial charge on any atom is 0.340 e. The van der Waals surface area contributed by atoms with Crippen molar-refractivity contribution in [1.82, 2.24) is 9.38 Å². The molecule has 0 amide bonds. The molecule has 2 aromatic carbocycles. The lowest BCUT2D eigenvalue weighted by molar-refractivity contribution is 0.0529. The number of aryl methyl sites for hydroxylation is 2. The maximum atomic E-state index is 13.1. The molecular weight excluding hydrogens is 376 g/mol. The van der Waals surface area contributed by atoms with Crippen LogP contribution in [0.5, 0.6) is 0 Å². The number of esters is 1. The quantitative estimate of drug-likeness (QED) is 0.350. The minimum Gasteiger partial charge on any atom is -0.462 e. The smallest absolute Gasteiger partial charge is 0.340 e. The first-order valence-corrected chi connectivity index (χ1v) is 9.85. The normalized spacial score (nSPS) is 10.9. The molecular formula is C25H22N2O3. The molecule has 0 radical (unpaired) electrons. The third-order valence-corrected chi connectivity index (χ3v) is 5.08. The SMILES string of the molecule is CCOC(=O)c1cc(C(=O)c2ccccc2)n2cnc(-c3ccc(C)cc3C)cc12. The van der Waals surface area contributed by atoms with Crippen molar-refractivity contribution < 1.29 is 14.3 Å². The zero-order valence-electron chi connectivity index (χ0n) is 17.2. The number of ether oxygens (including phenoxy) is 1. The first-order valence-electron chi connectivity index (χ1n) is 9.85. The molecule has 0 aliphatic carbocycles. The van der Waals surface area contributed by atoms with Gasteiger partial charge in [0.15, 0.2) is 0 Å². The van der Waals surface area contributed by atoms with Crippen LogP contribution in [0.15, 0.2) is 67.0 Å². The van der Waals surface area contributed by atoms with E-state index in [2.05, 4.69) is 11.1 Å². The minimum atomic E-state index is -0.458. The highest BCUT2D eigenvalue weighted by molar-refractivity contribution is 6.11. The second-order valence-corrected chi connectivity index (χ2v) is 7.21. The second kappa shape index (κ2) is 7.95. The summed E-state index contributed by atoms with van der Waals surface area (Å²) in [6.07, 6.45) is 1.60. The highest BCUT2D eigenvalue weighted by Crippen LogP contribution is 2.27. The van der Waals surface area contributed by atoms with Gasteiger partial charge in [0.1, 0.15) is 6.33 Å². The molecule has 30 heavy (non-hydrogen) atoms. The van der Waals surface area contributed by atoms with Gasteiger partial charge in [-0.3, -0.25) is 9.20 Å². The Morgan fingerprint density at radius 3 is 2.47 bits per heavy atom. The second-order valence-electron chi connectivity index (χ2n) is 7.21. The Bertz CT molecular complexity index is 1260. The highest BCUT2D eigenvalue weighted by atomic mass is 16.5. The van der Waals surface area contributed by atoms with Crippen LogP contribution in [0.25, 0.3) is 16.8 Å². The van der Waals surface area contributed by atoms with Gasteiger partial charge in [-0.15, -0.1) is 0 Å². The first-order chi connectivity index (χ1) is 14.5. The molecule has 2 heterocycles. The van der Waals surface area contributed by atoms with Crippen molar-refractivity contribution in [2.75, 3.05) is 6.61 Å². The summed E-state index contributed by atoms with van der Waals surface area (Å²) in [4.78, 5) is 30.3. The van der Waals surface area contributed by atoms with E-state index in [9.17, 15) is 9.59 Å². The van der Waals surface area contributed by atoms with E-state index in [4.69, 9.17) is 4.74 Å². The van der Waals surface area contributed by atoms with Crippen LogP contribution in [-0.4, -0.2) is 27.7 Å². The molecule has 2 aromatic heterocycles. The zero-order valence-corrected chi connectivity index (χ0v) is 17.2. The van der Waals surface area contributed by atoms with E-state index in [-0.39, 0.29) is 12.4 Å². The van der Waals surface area contributed by atoms with Gasteiger partial charge >= 0.3 is 5.97 Å². The Morgan fingerprint density at radius 2 is 1.77 bits per heavy atom. The van der Waals surface area contributed by atoms with E-state index in [0.29, 0.717) is 22.3 Å². The van der Waals surface area contributed by atoms with Crippen molar-refractivity contribution in [2.24, 2.45) is 0 Å². The summed E-state index contributed by atoms with van der Waals surface area (Å²) >= 11 is 0. The average Bonchev–Trinajstić information content (AvgIpc) is 3.13. The molecule has 0 atom stereocenters. The molecule has 150 valence electrons. The molecule has 0 bridgehead atoms. The van der Waals surface area contributed by atoms with Gasteiger partial charge < -0.3 is 4.74 Å². The molecule has 5 heteroatoms. The molecule has 0 fully saturated rings. The largest absolute Gasteiger partial charge is 0.462 e. The van der Waals surface area contributed by atoms with E-state index in [1.807, 2.05) is 50.2 Å². The number of hydrogen-bond acceptors (Lipinski definition) is 4. The number of fused-ring (bicyclic) bond motifs is 1. The van der Waals surface area contributed by atoms with Crippen molar-refractivity contribution in [3.05, 3.63) is 94.9 Å². The van der Waals surface area contributed by atoms with Crippen molar-refractivity contribution in [2.45, 2.75) is 20.8 Å². The van der Waals surface area contributed by atoms with Crippen LogP contribution in [0, 0.1) is 13.8 Å². The van der Waals surface area contributed by atoms with Gasteiger partial charge in [0.05, 0.1) is 29.1 Å². The van der Waals surface area contributed by atoms with E-state index < -0.39 is 5.97 Å². The fourth-order valence-electron chi connectivity index (χ4n) is 3.63. The van der Waals surface area contributed by atoms with E-state index in [0.717, 1.165) is 16.8 Å². The molecule has 0 aliphatic heterocycles. The summed E-state index contributed by atoms with van der Waals surface area (Å²) in [5, 5.41) is 0. The fourth-order valence-corrected chi connectivity index (χ4v) is 3.63. The van der Waals surface area contributed by atoms with Crippen molar-refractivity contribution in [1.29, 1.82) is 0 Å². The summed E-state index contributed by atoms with van der Waals surface area (Å²) in [5.41, 5.74) is 5.85. The Kier molecular flexibility index (Phi) is 5.19. The average molecular weight is 398 g/mol. The van der Waals surface area contributed by atoms with Gasteiger partial charge in [-0.1, -0.05) is 54.1 Å². The Morgan fingerprint density at radius 1 is 1.00 bits per heavy atom. The molecule has 0 saturated heterocycles. The number of hydrogen-bond donors (Lipinski definition) is 0. The fraction of sp³-hybridized carbons (Fsp3) is 0.160. The number of benzene rings is 2. The Labute approximate surface area is 175 Å². The predicted octanol–water partition coefficient (Wildman–Crippen LogP) is 5.03. The third-order valence-electron chi connectivity index (χ3n) is 5.08. The van der Waals surface area contributed by atoms with Gasteiger partial charge in [0, 0.05) is 11.1 Å². The number of carbonyl (C=O) groups excluding carboxylic acids is 2. The Balaban J connectivity index is 1.90. The van der Waals surface area contributed by atoms with Crippen molar-refractivity contribution >= 4 is 17.3 Å². The lowest BCUT2D eigenvalue weighted by atomic mass is 10.0. The summed E-state index contributed by atoms with van der Waals surface area (Å²) in [7, 11) is 0. The lowest BCUT2D eigenvalue weighted by Crippen LogP contribution is -2.05. The third kappa shape index (κ3) is 3.50. The van der Waals surface area contributed by atoms with E-state index >= 15 is 0 Å². The van der Waals surface area contributed by atoms with Crippen LogP contribution in [0.4, 0.5) is 0 Å². The number of ketones is 1. The predicted molar refractivity (Wildman–Crippen MR) is 116 cm³/mol. The van der Waals surface area contributed by atoms with Gasteiger partial charge in [-0.05, 0) is 38.5 Å². The number of carbonyl (C=O) groups is 2. The molecule has 0 saturated carbocycles. The number of aromatic nitrogens is 2. The van der Waals surface area contributed by atoms with Crippen LogP contribution in [0.3, 0.4) is 0 Å². The van der Waals surface area contributed by atoms with Gasteiger partial charge in [0.25, 0.3) is 0 Å². The van der Waals surface area contributed by atoms with E-state index in [1.165, 1.54) is 5.56 Å². The monoisotopic (exact) mass is 398 g/mol. The van der Waals surface area contributed by atoms with Gasteiger partial charge in [-0.25, -0.2) is 9.78 Å². The summed E-state index contributed by atoms with van der Waals surface area (Å²) in [6.45, 7) is 6.09. The maximum absolute atomic E-state index is 13.1. The molecule has 0 spiro atoms. The van der Waals surface area contributed by atoms with Crippen LogP contribution in [0.1, 0.15) is 44.5 Å². The lowest BCUT2D eigenvalue weighted by Gasteiger charge is -2.09. The molecule has 0 aliphatic rings. The van der Waals surface area contributed by atoms with E-state index in [1.54, 1.807) is 35.9 Å². The standard InChI is InChI=1S/C25H22N2O3/c1-4-30-25(29)20-13-23(24(28)18-8-6-5-7-9-18)27-15-26-21(14-22(20)27)19-11-10-16(2)12-17(19)3/h5-15H,4H2,1-3H3. The highest BCUT2D eigenvalue weighted by Gasteiger charge is 2.22. The topological polar surface area (TPSA) is 60.7 Å². The van der Waals surface area contributed by atoms with Crippen molar-refractivity contribution in [3.8, 4) is 11.3 Å². The summed E-state index contributed by atoms with van der Waals surface area (Å²) in [5.74, 6) is -0.637.